The van der Waals surface area contributed by atoms with Crippen LogP contribution in [0, 0.1) is 0 Å². The minimum Gasteiger partial charge on any atom is -0.491 e. The van der Waals surface area contributed by atoms with Gasteiger partial charge in [-0.2, -0.15) is 0 Å². The largest absolute Gasteiger partial charge is 0.491 e. The van der Waals surface area contributed by atoms with Gasteiger partial charge in [0.25, 0.3) is 0 Å². The van der Waals surface area contributed by atoms with Gasteiger partial charge in [0.1, 0.15) is 24.6 Å². The molecular formula is C28H30BrNO7. The van der Waals surface area contributed by atoms with E-state index in [-0.39, 0.29) is 12.4 Å². The summed E-state index contributed by atoms with van der Waals surface area (Å²) < 4.78 is 29.6. The summed E-state index contributed by atoms with van der Waals surface area (Å²) in [5.41, 5.74) is 3.57. The van der Waals surface area contributed by atoms with E-state index in [4.69, 9.17) is 23.7 Å². The van der Waals surface area contributed by atoms with Crippen molar-refractivity contribution in [2.24, 2.45) is 0 Å². The van der Waals surface area contributed by atoms with Gasteiger partial charge in [-0.15, -0.1) is 0 Å². The number of fused-ring (bicyclic) bond motifs is 4. The number of ketones is 1. The molecule has 1 fully saturated rings. The molecule has 2 aromatic carbocycles. The average molecular weight is 572 g/mol. The van der Waals surface area contributed by atoms with Crippen molar-refractivity contribution in [1.29, 1.82) is 0 Å². The van der Waals surface area contributed by atoms with Crippen LogP contribution < -0.4 is 4.74 Å². The Kier molecular flexibility index (Phi) is 6.91. The number of hydrogen-bond donors (Lipinski definition) is 1. The van der Waals surface area contributed by atoms with Gasteiger partial charge in [-0.1, -0.05) is 35.8 Å². The molecule has 196 valence electrons. The van der Waals surface area contributed by atoms with E-state index in [0.717, 1.165) is 26.6 Å². The van der Waals surface area contributed by atoms with Gasteiger partial charge in [-0.25, -0.2) is 0 Å². The minimum absolute atomic E-state index is 0.0131. The maximum absolute atomic E-state index is 13.6. The highest BCUT2D eigenvalue weighted by atomic mass is 79.9. The number of H-pyrrole nitrogens is 1. The first-order chi connectivity index (χ1) is 17.6. The Bertz CT molecular complexity index is 1360. The topological polar surface area (TPSA) is 96.1 Å². The van der Waals surface area contributed by atoms with Crippen LogP contribution in [0.2, 0.25) is 0 Å². The van der Waals surface area contributed by atoms with Crippen molar-refractivity contribution in [3.63, 3.8) is 0 Å². The van der Waals surface area contributed by atoms with E-state index >= 15 is 0 Å². The van der Waals surface area contributed by atoms with Crippen LogP contribution in [0.5, 0.6) is 5.75 Å². The Hall–Kier alpha value is -2.72. The van der Waals surface area contributed by atoms with Crippen LogP contribution in [0.4, 0.5) is 0 Å². The summed E-state index contributed by atoms with van der Waals surface area (Å²) in [5.74, 6) is 0.146. The van der Waals surface area contributed by atoms with E-state index in [2.05, 4.69) is 34.8 Å². The van der Waals surface area contributed by atoms with Crippen molar-refractivity contribution in [2.75, 3.05) is 20.8 Å². The predicted octanol–water partition coefficient (Wildman–Crippen LogP) is 4.89. The molecule has 8 nitrogen and oxygen atoms in total. The van der Waals surface area contributed by atoms with Gasteiger partial charge in [0.2, 0.25) is 0 Å². The number of aromatic nitrogens is 1. The molecule has 1 aliphatic heterocycles. The maximum atomic E-state index is 13.6. The summed E-state index contributed by atoms with van der Waals surface area (Å²) in [6.45, 7) is 5.65. The van der Waals surface area contributed by atoms with Crippen molar-refractivity contribution in [2.45, 2.75) is 57.2 Å². The van der Waals surface area contributed by atoms with E-state index in [0.29, 0.717) is 23.3 Å². The molecule has 0 spiro atoms. The first kappa shape index (κ1) is 25.9. The van der Waals surface area contributed by atoms with Crippen LogP contribution in [0.3, 0.4) is 0 Å². The molecule has 0 radical (unpaired) electrons. The van der Waals surface area contributed by atoms with Crippen LogP contribution in [-0.2, 0) is 29.2 Å². The number of rotatable bonds is 6. The second-order valence-corrected chi connectivity index (χ2v) is 10.9. The van der Waals surface area contributed by atoms with Crippen molar-refractivity contribution >= 4 is 38.6 Å². The van der Waals surface area contributed by atoms with Gasteiger partial charge in [0.05, 0.1) is 5.56 Å². The van der Waals surface area contributed by atoms with Crippen molar-refractivity contribution in [3.05, 3.63) is 63.3 Å². The monoisotopic (exact) mass is 571 g/mol. The van der Waals surface area contributed by atoms with Crippen LogP contribution in [-0.4, -0.2) is 62.2 Å². The highest BCUT2D eigenvalue weighted by Crippen LogP contribution is 2.45. The normalized spacial score (nSPS) is 24.4. The lowest BCUT2D eigenvalue weighted by Crippen LogP contribution is -2.53. The van der Waals surface area contributed by atoms with Gasteiger partial charge in [-0.05, 0) is 35.9 Å². The molecule has 1 saturated heterocycles. The van der Waals surface area contributed by atoms with Crippen molar-refractivity contribution in [3.8, 4) is 5.75 Å². The number of halogens is 1. The Morgan fingerprint density at radius 2 is 1.95 bits per heavy atom. The molecule has 2 unspecified atom stereocenters. The third-order valence-corrected chi connectivity index (χ3v) is 7.78. The molecule has 37 heavy (non-hydrogen) atoms. The molecule has 1 aliphatic carbocycles. The molecule has 3 aromatic rings. The number of methoxy groups -OCH3 is 2. The summed E-state index contributed by atoms with van der Waals surface area (Å²) in [6, 6.07) is 11.4. The fraction of sp³-hybridized carbons (Fsp3) is 0.429. The third-order valence-electron chi connectivity index (χ3n) is 7.29. The molecule has 0 amide bonds. The number of hydrogen-bond acceptors (Lipinski definition) is 7. The summed E-state index contributed by atoms with van der Waals surface area (Å²) in [4.78, 5) is 28.8. The number of aromatic amines is 1. The number of ether oxygens (including phenoxy) is 5. The zero-order chi connectivity index (χ0) is 26.5. The molecule has 9 heteroatoms. The Balaban J connectivity index is 1.44. The van der Waals surface area contributed by atoms with Crippen LogP contribution in [0.1, 0.15) is 54.4 Å². The molecule has 4 atom stereocenters. The van der Waals surface area contributed by atoms with Gasteiger partial charge >= 0.3 is 5.97 Å². The van der Waals surface area contributed by atoms with Crippen LogP contribution in [0.15, 0.2) is 40.9 Å². The van der Waals surface area contributed by atoms with E-state index in [1.165, 1.54) is 6.92 Å². The number of benzene rings is 2. The number of esters is 1. The molecule has 0 bridgehead atoms. The quantitative estimate of drug-likeness (QED) is 0.421. The Morgan fingerprint density at radius 3 is 2.65 bits per heavy atom. The van der Waals surface area contributed by atoms with Crippen LogP contribution in [0.25, 0.3) is 10.9 Å². The Labute approximate surface area is 223 Å². The highest BCUT2D eigenvalue weighted by Gasteiger charge is 2.43. The molecule has 0 saturated carbocycles. The third kappa shape index (κ3) is 4.58. The first-order valence-corrected chi connectivity index (χ1v) is 12.9. The summed E-state index contributed by atoms with van der Waals surface area (Å²) in [6.07, 6.45) is -1.71. The number of carbonyl (C=O) groups excluding carboxylic acids is 2. The summed E-state index contributed by atoms with van der Waals surface area (Å²) in [5, 5.41) is 0.911. The molecule has 1 aromatic heterocycles. The lowest BCUT2D eigenvalue weighted by molar-refractivity contribution is -0.256. The van der Waals surface area contributed by atoms with Gasteiger partial charge in [-0.3, -0.25) is 9.59 Å². The maximum Gasteiger partial charge on any atom is 0.303 e. The van der Waals surface area contributed by atoms with Crippen molar-refractivity contribution < 1.29 is 33.3 Å². The fourth-order valence-corrected chi connectivity index (χ4v) is 5.76. The van der Waals surface area contributed by atoms with E-state index in [1.807, 2.05) is 30.3 Å². The van der Waals surface area contributed by atoms with E-state index in [1.54, 1.807) is 20.3 Å². The number of nitrogens with one attached hydrogen (secondary N) is 1. The molecule has 1 N–H and O–H groups in total. The second-order valence-electron chi connectivity index (χ2n) is 9.96. The Morgan fingerprint density at radius 1 is 1.16 bits per heavy atom. The lowest BCUT2D eigenvalue weighted by Gasteiger charge is -2.39. The minimum atomic E-state index is -0.641. The highest BCUT2D eigenvalue weighted by molar-refractivity contribution is 9.10. The van der Waals surface area contributed by atoms with Gasteiger partial charge in [0.15, 0.2) is 18.2 Å². The van der Waals surface area contributed by atoms with E-state index < -0.39 is 36.0 Å². The molecular weight excluding hydrogens is 542 g/mol. The smallest absolute Gasteiger partial charge is 0.303 e. The zero-order valence-corrected chi connectivity index (χ0v) is 23.0. The average Bonchev–Trinajstić information content (AvgIpc) is 3.26. The molecule has 2 aliphatic rings. The molecule has 5 rings (SSSR count). The second kappa shape index (κ2) is 9.87. The zero-order valence-electron chi connectivity index (χ0n) is 21.4. The fourth-order valence-electron chi connectivity index (χ4n) is 5.40. The van der Waals surface area contributed by atoms with Gasteiger partial charge in [0, 0.05) is 59.6 Å². The molecule has 2 heterocycles. The van der Waals surface area contributed by atoms with E-state index in [9.17, 15) is 9.59 Å². The van der Waals surface area contributed by atoms with Crippen molar-refractivity contribution in [1.82, 2.24) is 4.98 Å². The predicted molar refractivity (Wildman–Crippen MR) is 140 cm³/mol. The number of carbonyl (C=O) groups is 2. The van der Waals surface area contributed by atoms with Gasteiger partial charge < -0.3 is 28.7 Å². The SMILES string of the molecule is COC1C[C@@H](OC)OC(COc2ccc3c(c2)C(C)(C)c2[nH]c4cc(Br)ccc4c2C3=O)[C@H]1OC(C)=O. The summed E-state index contributed by atoms with van der Waals surface area (Å²) >= 11 is 3.52. The lowest BCUT2D eigenvalue weighted by atomic mass is 9.71. The standard InChI is InChI=1S/C28H30BrNO7/c1-14(31)36-26-21(33-4)12-23(34-5)37-22(26)13-35-16-7-9-17-19(11-16)28(2,3)27-24(25(17)32)18-8-6-15(29)10-20(18)30-27/h6-11,21-23,26,30H,12-13H2,1-5H3/t21?,22?,23-,26-/m0/s1. The summed E-state index contributed by atoms with van der Waals surface area (Å²) in [7, 11) is 3.12. The first-order valence-electron chi connectivity index (χ1n) is 12.2. The van der Waals surface area contributed by atoms with Crippen LogP contribution >= 0.6 is 15.9 Å².